The number of fused-ring (bicyclic) bond motifs is 1. The third kappa shape index (κ3) is 3.63. The second-order valence-electron chi connectivity index (χ2n) is 8.26. The van der Waals surface area contributed by atoms with Gasteiger partial charge in [0.25, 0.3) is 5.89 Å². The highest BCUT2D eigenvalue weighted by Crippen LogP contribution is 2.33. The molecule has 6 heteroatoms. The summed E-state index contributed by atoms with van der Waals surface area (Å²) in [7, 11) is 0. The summed E-state index contributed by atoms with van der Waals surface area (Å²) in [5, 5.41) is 10.7. The summed E-state index contributed by atoms with van der Waals surface area (Å²) in [4.78, 5) is 19.3. The summed E-state index contributed by atoms with van der Waals surface area (Å²) in [6.45, 7) is 1.56. The lowest BCUT2D eigenvalue weighted by Gasteiger charge is -2.34. The average Bonchev–Trinajstić information content (AvgIpc) is 3.29. The first-order valence-corrected chi connectivity index (χ1v) is 10.8. The van der Waals surface area contributed by atoms with Gasteiger partial charge in [0.2, 0.25) is 11.8 Å². The van der Waals surface area contributed by atoms with Gasteiger partial charge in [-0.15, -0.1) is 10.2 Å². The standard InChI is InChI=1S/C23H26N4O2/c28-23(18-7-2-1-3-8-18)27-14-11-17(12-15-27)21-25-26-22(29-21)20-19-9-5-4-6-16(19)10-13-24-20/h4-6,9-10,13,17-18H,1-3,7-8,11-12,14-15H2. The number of pyridine rings is 1. The Morgan fingerprint density at radius 1 is 0.966 bits per heavy atom. The van der Waals surface area contributed by atoms with Crippen molar-refractivity contribution in [2.75, 3.05) is 13.1 Å². The van der Waals surface area contributed by atoms with Crippen molar-refractivity contribution in [1.29, 1.82) is 0 Å². The van der Waals surface area contributed by atoms with Crippen LogP contribution in [0.3, 0.4) is 0 Å². The zero-order valence-electron chi connectivity index (χ0n) is 16.6. The van der Waals surface area contributed by atoms with Gasteiger partial charge in [0.1, 0.15) is 5.69 Å². The topological polar surface area (TPSA) is 72.1 Å². The molecular weight excluding hydrogens is 364 g/mol. The van der Waals surface area contributed by atoms with Crippen molar-refractivity contribution in [2.45, 2.75) is 50.9 Å². The highest BCUT2D eigenvalue weighted by Gasteiger charge is 2.31. The third-order valence-electron chi connectivity index (χ3n) is 6.43. The fourth-order valence-electron chi connectivity index (χ4n) is 4.74. The van der Waals surface area contributed by atoms with Gasteiger partial charge in [-0.2, -0.15) is 0 Å². The zero-order valence-corrected chi connectivity index (χ0v) is 16.6. The number of nitrogens with zero attached hydrogens (tertiary/aromatic N) is 4. The van der Waals surface area contributed by atoms with E-state index in [1.165, 1.54) is 19.3 Å². The molecule has 6 nitrogen and oxygen atoms in total. The quantitative estimate of drug-likeness (QED) is 0.655. The number of hydrogen-bond donors (Lipinski definition) is 0. The highest BCUT2D eigenvalue weighted by molar-refractivity contribution is 5.92. The fourth-order valence-corrected chi connectivity index (χ4v) is 4.74. The maximum Gasteiger partial charge on any atom is 0.266 e. The summed E-state index contributed by atoms with van der Waals surface area (Å²) in [6.07, 6.45) is 9.31. The van der Waals surface area contributed by atoms with Crippen LogP contribution in [0, 0.1) is 5.92 Å². The molecule has 2 aliphatic rings. The van der Waals surface area contributed by atoms with E-state index in [4.69, 9.17) is 4.42 Å². The number of carbonyl (C=O) groups excluding carboxylic acids is 1. The molecule has 1 aliphatic heterocycles. The summed E-state index contributed by atoms with van der Waals surface area (Å²) < 4.78 is 6.04. The molecule has 0 atom stereocenters. The zero-order chi connectivity index (χ0) is 19.6. The molecule has 2 fully saturated rings. The van der Waals surface area contributed by atoms with Gasteiger partial charge in [-0.25, -0.2) is 0 Å². The molecule has 5 rings (SSSR count). The van der Waals surface area contributed by atoms with Gasteiger partial charge in [0.15, 0.2) is 0 Å². The number of aromatic nitrogens is 3. The number of amides is 1. The Balaban J connectivity index is 1.28. The molecule has 29 heavy (non-hydrogen) atoms. The highest BCUT2D eigenvalue weighted by atomic mass is 16.4. The van der Waals surface area contributed by atoms with Gasteiger partial charge in [0, 0.05) is 36.5 Å². The van der Waals surface area contributed by atoms with Crippen LogP contribution >= 0.6 is 0 Å². The first-order valence-electron chi connectivity index (χ1n) is 10.8. The van der Waals surface area contributed by atoms with Crippen LogP contribution in [0.1, 0.15) is 56.8 Å². The second-order valence-corrected chi connectivity index (χ2v) is 8.26. The van der Waals surface area contributed by atoms with Crippen molar-refractivity contribution in [3.8, 4) is 11.6 Å². The van der Waals surface area contributed by atoms with Gasteiger partial charge >= 0.3 is 0 Å². The van der Waals surface area contributed by atoms with Crippen molar-refractivity contribution in [1.82, 2.24) is 20.1 Å². The molecular formula is C23H26N4O2. The first kappa shape index (κ1) is 18.3. The Hall–Kier alpha value is -2.76. The lowest BCUT2D eigenvalue weighted by Crippen LogP contribution is -2.41. The van der Waals surface area contributed by atoms with Crippen molar-refractivity contribution in [2.24, 2.45) is 5.92 Å². The second kappa shape index (κ2) is 7.93. The third-order valence-corrected chi connectivity index (χ3v) is 6.43. The van der Waals surface area contributed by atoms with Gasteiger partial charge in [-0.3, -0.25) is 9.78 Å². The van der Waals surface area contributed by atoms with Crippen LogP contribution in [0.5, 0.6) is 0 Å². The number of hydrogen-bond acceptors (Lipinski definition) is 5. The molecule has 150 valence electrons. The van der Waals surface area contributed by atoms with Gasteiger partial charge < -0.3 is 9.32 Å². The fraction of sp³-hybridized carbons (Fsp3) is 0.478. The van der Waals surface area contributed by atoms with Crippen LogP contribution in [0.15, 0.2) is 40.9 Å². The summed E-state index contributed by atoms with van der Waals surface area (Å²) >= 11 is 0. The largest absolute Gasteiger partial charge is 0.419 e. The molecule has 0 bridgehead atoms. The maximum atomic E-state index is 12.8. The summed E-state index contributed by atoms with van der Waals surface area (Å²) in [5.74, 6) is 1.95. The summed E-state index contributed by atoms with van der Waals surface area (Å²) in [6, 6.07) is 10.1. The van der Waals surface area contributed by atoms with Crippen LogP contribution < -0.4 is 0 Å². The van der Waals surface area contributed by atoms with E-state index in [9.17, 15) is 4.79 Å². The molecule has 1 saturated carbocycles. The van der Waals surface area contributed by atoms with E-state index in [-0.39, 0.29) is 11.8 Å². The smallest absolute Gasteiger partial charge is 0.266 e. The lowest BCUT2D eigenvalue weighted by atomic mass is 9.87. The number of piperidine rings is 1. The van der Waals surface area contributed by atoms with Crippen molar-refractivity contribution >= 4 is 16.7 Å². The Morgan fingerprint density at radius 3 is 2.59 bits per heavy atom. The molecule has 1 aliphatic carbocycles. The minimum Gasteiger partial charge on any atom is -0.419 e. The predicted molar refractivity (Wildman–Crippen MR) is 110 cm³/mol. The van der Waals surface area contributed by atoms with E-state index < -0.39 is 0 Å². The van der Waals surface area contributed by atoms with E-state index in [1.54, 1.807) is 6.20 Å². The Labute approximate surface area is 170 Å². The lowest BCUT2D eigenvalue weighted by molar-refractivity contribution is -0.137. The van der Waals surface area contributed by atoms with Crippen molar-refractivity contribution < 1.29 is 9.21 Å². The number of likely N-dealkylation sites (tertiary alicyclic amines) is 1. The minimum absolute atomic E-state index is 0.210. The molecule has 3 aromatic rings. The normalized spacial score (nSPS) is 19.0. The van der Waals surface area contributed by atoms with Crippen LogP contribution in [0.4, 0.5) is 0 Å². The van der Waals surface area contributed by atoms with Gasteiger partial charge in [0.05, 0.1) is 0 Å². The Kier molecular flexibility index (Phi) is 5.00. The molecule has 0 radical (unpaired) electrons. The van der Waals surface area contributed by atoms with Crippen LogP contribution in [0.2, 0.25) is 0 Å². The monoisotopic (exact) mass is 390 g/mol. The van der Waals surface area contributed by atoms with Crippen molar-refractivity contribution in [3.63, 3.8) is 0 Å². The maximum absolute atomic E-state index is 12.8. The molecule has 3 heterocycles. The van der Waals surface area contributed by atoms with E-state index in [0.29, 0.717) is 17.7 Å². The molecule has 0 unspecified atom stereocenters. The number of carbonyl (C=O) groups is 1. The van der Waals surface area contributed by atoms with Gasteiger partial charge in [-0.1, -0.05) is 43.5 Å². The number of rotatable bonds is 3. The molecule has 0 N–H and O–H groups in total. The van der Waals surface area contributed by atoms with Crippen LogP contribution in [-0.4, -0.2) is 39.1 Å². The number of benzene rings is 1. The van der Waals surface area contributed by atoms with Gasteiger partial charge in [-0.05, 0) is 37.1 Å². The molecule has 1 amide bonds. The summed E-state index contributed by atoms with van der Waals surface area (Å²) in [5.41, 5.74) is 0.728. The van der Waals surface area contributed by atoms with E-state index >= 15 is 0 Å². The predicted octanol–water partition coefficient (Wildman–Crippen LogP) is 4.57. The molecule has 1 saturated heterocycles. The first-order chi connectivity index (χ1) is 14.3. The van der Waals surface area contributed by atoms with Crippen molar-refractivity contribution in [3.05, 3.63) is 42.4 Å². The van der Waals surface area contributed by atoms with E-state index in [0.717, 1.165) is 55.2 Å². The van der Waals surface area contributed by atoms with E-state index in [1.807, 2.05) is 24.3 Å². The Bertz CT molecular complexity index is 996. The molecule has 1 aromatic carbocycles. The average molecular weight is 390 g/mol. The van der Waals surface area contributed by atoms with E-state index in [2.05, 4.69) is 26.1 Å². The Morgan fingerprint density at radius 2 is 1.76 bits per heavy atom. The van der Waals surface area contributed by atoms with Crippen LogP contribution in [-0.2, 0) is 4.79 Å². The molecule has 0 spiro atoms. The SMILES string of the molecule is O=C(C1CCCCC1)N1CCC(c2nnc(-c3nccc4ccccc34)o2)CC1. The molecule has 2 aromatic heterocycles. The van der Waals surface area contributed by atoms with Crippen LogP contribution in [0.25, 0.3) is 22.4 Å². The minimum atomic E-state index is 0.210.